The minimum absolute atomic E-state index is 0.148. The van der Waals surface area contributed by atoms with Crippen molar-refractivity contribution in [2.24, 2.45) is 5.92 Å². The molecule has 0 unspecified atom stereocenters. The number of non-ortho nitro benzene ring substituents is 1. The van der Waals surface area contributed by atoms with E-state index in [9.17, 15) is 10.1 Å². The second kappa shape index (κ2) is 5.67. The highest BCUT2D eigenvalue weighted by atomic mass is 16.6. The van der Waals surface area contributed by atoms with Crippen LogP contribution in [-0.4, -0.2) is 12.0 Å². The Bertz CT molecular complexity index is 831. The molecule has 0 radical (unpaired) electrons. The van der Waals surface area contributed by atoms with E-state index in [1.54, 1.807) is 19.2 Å². The first-order valence-corrected chi connectivity index (χ1v) is 8.03. The smallest absolute Gasteiger partial charge is 0.269 e. The molecule has 1 aliphatic heterocycles. The zero-order valence-corrected chi connectivity index (χ0v) is 13.3. The van der Waals surface area contributed by atoms with Crippen molar-refractivity contribution in [1.29, 1.82) is 0 Å². The van der Waals surface area contributed by atoms with Gasteiger partial charge >= 0.3 is 0 Å². The van der Waals surface area contributed by atoms with Gasteiger partial charge < -0.3 is 10.1 Å². The molecule has 0 saturated carbocycles. The quantitative estimate of drug-likeness (QED) is 0.516. The van der Waals surface area contributed by atoms with Crippen LogP contribution in [0.25, 0.3) is 0 Å². The Morgan fingerprint density at radius 1 is 1.25 bits per heavy atom. The van der Waals surface area contributed by atoms with Gasteiger partial charge in [0.1, 0.15) is 5.75 Å². The molecule has 5 nitrogen and oxygen atoms in total. The van der Waals surface area contributed by atoms with Crippen molar-refractivity contribution in [3.8, 4) is 5.75 Å². The predicted molar refractivity (Wildman–Crippen MR) is 92.4 cm³/mol. The van der Waals surface area contributed by atoms with Crippen molar-refractivity contribution in [2.45, 2.75) is 18.4 Å². The van der Waals surface area contributed by atoms with Crippen molar-refractivity contribution >= 4 is 11.4 Å². The van der Waals surface area contributed by atoms with Crippen LogP contribution in [0, 0.1) is 16.0 Å². The van der Waals surface area contributed by atoms with Crippen LogP contribution in [0.15, 0.2) is 54.6 Å². The molecular weight excluding hydrogens is 304 g/mol. The van der Waals surface area contributed by atoms with E-state index in [4.69, 9.17) is 4.74 Å². The third-order valence-electron chi connectivity index (χ3n) is 5.01. The summed E-state index contributed by atoms with van der Waals surface area (Å²) in [6.07, 6.45) is 5.32. The Balaban J connectivity index is 1.76. The van der Waals surface area contributed by atoms with Crippen LogP contribution in [0.2, 0.25) is 0 Å². The lowest BCUT2D eigenvalue weighted by Gasteiger charge is -2.37. The third-order valence-corrected chi connectivity index (χ3v) is 5.01. The average Bonchev–Trinajstić information content (AvgIpc) is 3.10. The molecule has 2 aliphatic rings. The minimum atomic E-state index is -0.331. The first-order valence-electron chi connectivity index (χ1n) is 8.03. The first-order chi connectivity index (χ1) is 11.7. The summed E-state index contributed by atoms with van der Waals surface area (Å²) in [7, 11) is 1.67. The minimum Gasteiger partial charge on any atom is -0.497 e. The fraction of sp³-hybridized carbons (Fsp3) is 0.263. The van der Waals surface area contributed by atoms with E-state index < -0.39 is 0 Å². The number of ether oxygens (including phenoxy) is 1. The largest absolute Gasteiger partial charge is 0.497 e. The zero-order valence-electron chi connectivity index (χ0n) is 13.3. The summed E-state index contributed by atoms with van der Waals surface area (Å²) in [5, 5.41) is 14.7. The number of rotatable bonds is 3. The SMILES string of the molecule is COc1cccc([C@@H]2Nc3ccc([N+](=O)[O-])cc3[C@@H]3C=CC[C@@H]32)c1. The van der Waals surface area contributed by atoms with E-state index in [-0.39, 0.29) is 22.6 Å². The van der Waals surface area contributed by atoms with Gasteiger partial charge in [-0.2, -0.15) is 0 Å². The highest BCUT2D eigenvalue weighted by Gasteiger charge is 2.38. The van der Waals surface area contributed by atoms with E-state index in [0.29, 0.717) is 5.92 Å². The number of nitro groups is 1. The number of methoxy groups -OCH3 is 1. The average molecular weight is 322 g/mol. The maximum atomic E-state index is 11.1. The number of benzene rings is 2. The third kappa shape index (κ3) is 2.33. The second-order valence-corrected chi connectivity index (χ2v) is 6.28. The zero-order chi connectivity index (χ0) is 16.7. The molecule has 0 bridgehead atoms. The van der Waals surface area contributed by atoms with Crippen LogP contribution < -0.4 is 10.1 Å². The van der Waals surface area contributed by atoms with Gasteiger partial charge in [0, 0.05) is 23.7 Å². The number of allylic oxidation sites excluding steroid dienone is 2. The molecule has 24 heavy (non-hydrogen) atoms. The summed E-state index contributed by atoms with van der Waals surface area (Å²) < 4.78 is 5.35. The molecule has 0 fully saturated rings. The fourth-order valence-corrected chi connectivity index (χ4v) is 3.86. The van der Waals surface area contributed by atoms with Gasteiger partial charge in [0.2, 0.25) is 0 Å². The number of anilines is 1. The van der Waals surface area contributed by atoms with Gasteiger partial charge in [-0.25, -0.2) is 0 Å². The van der Waals surface area contributed by atoms with E-state index in [1.807, 2.05) is 18.2 Å². The molecule has 4 rings (SSSR count). The number of nitrogens with one attached hydrogen (secondary N) is 1. The Morgan fingerprint density at radius 2 is 2.12 bits per heavy atom. The van der Waals surface area contributed by atoms with Crippen LogP contribution >= 0.6 is 0 Å². The lowest BCUT2D eigenvalue weighted by atomic mass is 9.77. The fourth-order valence-electron chi connectivity index (χ4n) is 3.86. The predicted octanol–water partition coefficient (Wildman–Crippen LogP) is 4.43. The number of nitrogens with zero attached hydrogens (tertiary/aromatic N) is 1. The van der Waals surface area contributed by atoms with Gasteiger partial charge in [-0.05, 0) is 41.7 Å². The summed E-state index contributed by atoms with van der Waals surface area (Å²) in [5.74, 6) is 1.40. The van der Waals surface area contributed by atoms with Crippen molar-refractivity contribution in [1.82, 2.24) is 0 Å². The van der Waals surface area contributed by atoms with Gasteiger partial charge in [0.05, 0.1) is 18.1 Å². The molecular formula is C19H18N2O3. The highest BCUT2D eigenvalue weighted by molar-refractivity contribution is 5.63. The topological polar surface area (TPSA) is 64.4 Å². The van der Waals surface area contributed by atoms with E-state index in [0.717, 1.165) is 23.4 Å². The van der Waals surface area contributed by atoms with E-state index >= 15 is 0 Å². The van der Waals surface area contributed by atoms with Crippen molar-refractivity contribution < 1.29 is 9.66 Å². The molecule has 0 aromatic heterocycles. The van der Waals surface area contributed by atoms with Gasteiger partial charge in [0.15, 0.2) is 0 Å². The van der Waals surface area contributed by atoms with Crippen LogP contribution in [0.4, 0.5) is 11.4 Å². The Kier molecular flexibility index (Phi) is 3.49. The Labute approximate surface area is 140 Å². The molecule has 1 N–H and O–H groups in total. The normalized spacial score (nSPS) is 24.0. The first kappa shape index (κ1) is 14.8. The maximum Gasteiger partial charge on any atom is 0.269 e. The number of hydrogen-bond acceptors (Lipinski definition) is 4. The van der Waals surface area contributed by atoms with Crippen LogP contribution in [0.1, 0.15) is 29.5 Å². The molecule has 122 valence electrons. The Morgan fingerprint density at radius 3 is 2.92 bits per heavy atom. The van der Waals surface area contributed by atoms with Gasteiger partial charge in [0.25, 0.3) is 5.69 Å². The van der Waals surface area contributed by atoms with E-state index in [1.165, 1.54) is 5.56 Å². The molecule has 3 atom stereocenters. The molecule has 0 saturated heterocycles. The monoisotopic (exact) mass is 322 g/mol. The lowest BCUT2D eigenvalue weighted by molar-refractivity contribution is -0.384. The molecule has 0 spiro atoms. The maximum absolute atomic E-state index is 11.1. The summed E-state index contributed by atoms with van der Waals surface area (Å²) in [6, 6.07) is 13.4. The number of nitro benzene ring substituents is 1. The van der Waals surface area contributed by atoms with E-state index in [2.05, 4.69) is 29.6 Å². The molecule has 2 aromatic rings. The molecule has 1 heterocycles. The summed E-state index contributed by atoms with van der Waals surface area (Å²) in [6.45, 7) is 0. The molecule has 5 heteroatoms. The van der Waals surface area contributed by atoms with Gasteiger partial charge in [-0.3, -0.25) is 10.1 Å². The van der Waals surface area contributed by atoms with Crippen molar-refractivity contribution in [3.63, 3.8) is 0 Å². The van der Waals surface area contributed by atoms with Crippen molar-refractivity contribution in [2.75, 3.05) is 12.4 Å². The number of hydrogen-bond donors (Lipinski definition) is 1. The van der Waals surface area contributed by atoms with Gasteiger partial charge in [-0.15, -0.1) is 0 Å². The summed E-state index contributed by atoms with van der Waals surface area (Å²) >= 11 is 0. The van der Waals surface area contributed by atoms with Crippen molar-refractivity contribution in [3.05, 3.63) is 75.9 Å². The van der Waals surface area contributed by atoms with Crippen LogP contribution in [0.5, 0.6) is 5.75 Å². The Hall–Kier alpha value is -2.82. The summed E-state index contributed by atoms with van der Waals surface area (Å²) in [4.78, 5) is 10.8. The molecule has 2 aromatic carbocycles. The molecule has 0 amide bonds. The van der Waals surface area contributed by atoms with Crippen LogP contribution in [0.3, 0.4) is 0 Å². The highest BCUT2D eigenvalue weighted by Crippen LogP contribution is 2.50. The second-order valence-electron chi connectivity index (χ2n) is 6.28. The van der Waals surface area contributed by atoms with Crippen LogP contribution in [-0.2, 0) is 0 Å². The van der Waals surface area contributed by atoms with Gasteiger partial charge in [-0.1, -0.05) is 24.3 Å². The summed E-state index contributed by atoms with van der Waals surface area (Å²) in [5.41, 5.74) is 3.31. The standard InChI is InChI=1S/C19H18N2O3/c1-24-14-5-2-4-12(10-14)19-16-7-3-6-15(16)17-11-13(21(22)23)8-9-18(17)20-19/h2-6,8-11,15-16,19-20H,7H2,1H3/t15-,16+,19+/m1/s1. The number of fused-ring (bicyclic) bond motifs is 3. The molecule has 1 aliphatic carbocycles. The lowest BCUT2D eigenvalue weighted by Crippen LogP contribution is -2.29.